The number of primary amides is 1. The molecule has 1 fully saturated rings. The molecular weight excluding hydrogens is 408 g/mol. The SMILES string of the molecule is NC(=O)CON=CC1=C(C(=O)O)N2C(=O)[C@@H](NC(=O)Cc3cccs3)[C@H]2SC1. The highest BCUT2D eigenvalue weighted by Gasteiger charge is 2.54. The van der Waals surface area contributed by atoms with Gasteiger partial charge in [0.05, 0.1) is 12.6 Å². The summed E-state index contributed by atoms with van der Waals surface area (Å²) >= 11 is 2.74. The first kappa shape index (κ1) is 19.9. The second-order valence-electron chi connectivity index (χ2n) is 5.86. The fraction of sp³-hybridized carbons (Fsp3) is 0.312. The molecule has 12 heteroatoms. The van der Waals surface area contributed by atoms with Crippen molar-refractivity contribution in [1.29, 1.82) is 0 Å². The van der Waals surface area contributed by atoms with Crippen molar-refractivity contribution >= 4 is 53.0 Å². The van der Waals surface area contributed by atoms with Gasteiger partial charge in [0.1, 0.15) is 17.1 Å². The quantitative estimate of drug-likeness (QED) is 0.289. The molecule has 28 heavy (non-hydrogen) atoms. The summed E-state index contributed by atoms with van der Waals surface area (Å²) in [7, 11) is 0. The van der Waals surface area contributed by atoms with Crippen LogP contribution in [0.1, 0.15) is 4.88 Å². The number of carbonyl (C=O) groups excluding carboxylic acids is 3. The lowest BCUT2D eigenvalue weighted by Gasteiger charge is -2.49. The number of hydrogen-bond donors (Lipinski definition) is 3. The van der Waals surface area contributed by atoms with E-state index in [9.17, 15) is 24.3 Å². The van der Waals surface area contributed by atoms with E-state index in [1.54, 1.807) is 0 Å². The van der Waals surface area contributed by atoms with Crippen LogP contribution in [0.4, 0.5) is 0 Å². The van der Waals surface area contributed by atoms with E-state index >= 15 is 0 Å². The van der Waals surface area contributed by atoms with Crippen LogP contribution in [0.5, 0.6) is 0 Å². The van der Waals surface area contributed by atoms with Crippen molar-refractivity contribution in [2.24, 2.45) is 10.9 Å². The van der Waals surface area contributed by atoms with Crippen molar-refractivity contribution in [3.05, 3.63) is 33.7 Å². The Morgan fingerprint density at radius 2 is 2.25 bits per heavy atom. The average Bonchev–Trinajstić information content (AvgIpc) is 3.15. The molecule has 1 aromatic heterocycles. The van der Waals surface area contributed by atoms with Crippen LogP contribution in [-0.2, 0) is 30.4 Å². The summed E-state index contributed by atoms with van der Waals surface area (Å²) in [6, 6.07) is 2.88. The summed E-state index contributed by atoms with van der Waals surface area (Å²) in [5, 5.41) is 17.1. The van der Waals surface area contributed by atoms with Gasteiger partial charge in [0.25, 0.3) is 11.8 Å². The molecule has 3 rings (SSSR count). The number of rotatable bonds is 8. The molecule has 1 aromatic rings. The number of aliphatic carboxylic acids is 1. The fourth-order valence-corrected chi connectivity index (χ4v) is 4.74. The highest BCUT2D eigenvalue weighted by Crippen LogP contribution is 2.39. The number of oxime groups is 1. The van der Waals surface area contributed by atoms with E-state index in [0.717, 1.165) is 16.0 Å². The number of carboxylic acid groups (broad SMARTS) is 1. The number of nitrogens with one attached hydrogen (secondary N) is 1. The van der Waals surface area contributed by atoms with E-state index in [1.165, 1.54) is 23.1 Å². The van der Waals surface area contributed by atoms with Crippen molar-refractivity contribution in [3.8, 4) is 0 Å². The van der Waals surface area contributed by atoms with Gasteiger partial charge in [-0.2, -0.15) is 0 Å². The third kappa shape index (κ3) is 4.17. The van der Waals surface area contributed by atoms with Gasteiger partial charge in [-0.25, -0.2) is 4.79 Å². The first-order chi connectivity index (χ1) is 13.4. The highest BCUT2D eigenvalue weighted by atomic mass is 32.2. The number of amides is 3. The van der Waals surface area contributed by atoms with Crippen molar-refractivity contribution in [3.63, 3.8) is 0 Å². The molecule has 10 nitrogen and oxygen atoms in total. The Balaban J connectivity index is 1.68. The largest absolute Gasteiger partial charge is 0.477 e. The maximum absolute atomic E-state index is 12.5. The van der Waals surface area contributed by atoms with E-state index in [0.29, 0.717) is 0 Å². The van der Waals surface area contributed by atoms with Gasteiger partial charge in [-0.15, -0.1) is 23.1 Å². The maximum atomic E-state index is 12.5. The zero-order valence-corrected chi connectivity index (χ0v) is 16.0. The Kier molecular flexibility index (Phi) is 5.99. The van der Waals surface area contributed by atoms with Crippen LogP contribution >= 0.6 is 23.1 Å². The van der Waals surface area contributed by atoms with Gasteiger partial charge >= 0.3 is 5.97 Å². The molecule has 0 saturated carbocycles. The number of nitrogens with zero attached hydrogens (tertiary/aromatic N) is 2. The maximum Gasteiger partial charge on any atom is 0.353 e. The number of hydrogen-bond acceptors (Lipinski definition) is 8. The zero-order chi connectivity index (χ0) is 20.3. The van der Waals surface area contributed by atoms with E-state index in [-0.39, 0.29) is 29.4 Å². The molecule has 0 aromatic carbocycles. The number of nitrogens with two attached hydrogens (primary N) is 1. The summed E-state index contributed by atoms with van der Waals surface area (Å²) in [6.45, 7) is -0.442. The van der Waals surface area contributed by atoms with Crippen LogP contribution < -0.4 is 11.1 Å². The van der Waals surface area contributed by atoms with E-state index in [2.05, 4.69) is 15.3 Å². The topological polar surface area (TPSA) is 151 Å². The first-order valence-electron chi connectivity index (χ1n) is 8.05. The molecule has 0 aliphatic carbocycles. The van der Waals surface area contributed by atoms with Gasteiger partial charge in [-0.3, -0.25) is 19.3 Å². The molecule has 0 bridgehead atoms. The monoisotopic (exact) mass is 424 g/mol. The molecule has 148 valence electrons. The predicted molar refractivity (Wildman–Crippen MR) is 101 cm³/mol. The molecule has 0 radical (unpaired) electrons. The van der Waals surface area contributed by atoms with Crippen LogP contribution in [0.2, 0.25) is 0 Å². The first-order valence-corrected chi connectivity index (χ1v) is 9.98. The van der Waals surface area contributed by atoms with Crippen molar-refractivity contribution in [2.75, 3.05) is 12.4 Å². The lowest BCUT2D eigenvalue weighted by atomic mass is 10.0. The van der Waals surface area contributed by atoms with E-state index in [4.69, 9.17) is 5.73 Å². The molecule has 1 saturated heterocycles. The van der Waals surface area contributed by atoms with Crippen molar-refractivity contribution < 1.29 is 29.1 Å². The molecule has 2 aliphatic heterocycles. The molecule has 4 N–H and O–H groups in total. The van der Waals surface area contributed by atoms with E-state index < -0.39 is 35.8 Å². The summed E-state index contributed by atoms with van der Waals surface area (Å²) < 4.78 is 0. The predicted octanol–water partition coefficient (Wildman–Crippen LogP) is -0.483. The molecule has 0 unspecified atom stereocenters. The third-order valence-electron chi connectivity index (χ3n) is 3.92. The van der Waals surface area contributed by atoms with Gasteiger partial charge in [0, 0.05) is 16.2 Å². The van der Waals surface area contributed by atoms with Crippen LogP contribution in [-0.4, -0.2) is 63.7 Å². The molecule has 2 aliphatic rings. The van der Waals surface area contributed by atoms with Gasteiger partial charge in [-0.05, 0) is 11.4 Å². The smallest absolute Gasteiger partial charge is 0.353 e. The summed E-state index contributed by atoms with van der Waals surface area (Å²) in [6.07, 6.45) is 1.31. The van der Waals surface area contributed by atoms with Gasteiger partial charge in [0.15, 0.2) is 6.61 Å². The molecule has 3 amide bonds. The molecular formula is C16H16N4O6S2. The minimum Gasteiger partial charge on any atom is -0.477 e. The van der Waals surface area contributed by atoms with Crippen LogP contribution in [0.25, 0.3) is 0 Å². The van der Waals surface area contributed by atoms with Crippen LogP contribution in [0, 0.1) is 0 Å². The molecule has 0 spiro atoms. The number of β-lactam (4-membered cyclic amide) rings is 1. The normalized spacial score (nSPS) is 21.3. The third-order valence-corrected chi connectivity index (χ3v) is 6.10. The fourth-order valence-electron chi connectivity index (χ4n) is 2.74. The zero-order valence-electron chi connectivity index (χ0n) is 14.4. The summed E-state index contributed by atoms with van der Waals surface area (Å²) in [4.78, 5) is 53.6. The van der Waals surface area contributed by atoms with E-state index in [1.807, 2.05) is 17.5 Å². The Labute approximate surface area is 167 Å². The number of thioether (sulfide) groups is 1. The Hall–Kier alpha value is -2.86. The lowest BCUT2D eigenvalue weighted by Crippen LogP contribution is -2.70. The Morgan fingerprint density at radius 3 is 2.89 bits per heavy atom. The number of carboxylic acids is 1. The van der Waals surface area contributed by atoms with Crippen LogP contribution in [0.3, 0.4) is 0 Å². The van der Waals surface area contributed by atoms with Crippen molar-refractivity contribution in [1.82, 2.24) is 10.2 Å². The number of fused-ring (bicyclic) bond motifs is 1. The molecule has 2 atom stereocenters. The Bertz CT molecular complexity index is 866. The standard InChI is InChI=1S/C16H16N4O6S2/c17-10(21)6-26-18-5-8-7-28-15-12(14(23)20(15)13(8)16(24)25)19-11(22)4-9-2-1-3-27-9/h1-3,5,12,15H,4,6-7H2,(H2,17,21)(H,19,22)(H,24,25)/t12-,15-/m1/s1. The second-order valence-corrected chi connectivity index (χ2v) is 8.00. The van der Waals surface area contributed by atoms with Gasteiger partial charge < -0.3 is 21.0 Å². The van der Waals surface area contributed by atoms with Crippen LogP contribution in [0.15, 0.2) is 33.9 Å². The second kappa shape index (κ2) is 8.44. The summed E-state index contributed by atoms with van der Waals surface area (Å²) in [5.41, 5.74) is 4.96. The van der Waals surface area contributed by atoms with Gasteiger partial charge in [-0.1, -0.05) is 11.2 Å². The molecule has 3 heterocycles. The minimum absolute atomic E-state index is 0.162. The summed E-state index contributed by atoms with van der Waals surface area (Å²) in [5.74, 6) is -2.57. The Morgan fingerprint density at radius 1 is 1.46 bits per heavy atom. The number of thiophene rings is 1. The average molecular weight is 424 g/mol. The lowest BCUT2D eigenvalue weighted by molar-refractivity contribution is -0.150. The van der Waals surface area contributed by atoms with Crippen molar-refractivity contribution in [2.45, 2.75) is 17.8 Å². The van der Waals surface area contributed by atoms with Gasteiger partial charge in [0.2, 0.25) is 5.91 Å². The highest BCUT2D eigenvalue weighted by molar-refractivity contribution is 8.00. The minimum atomic E-state index is -1.29. The number of carbonyl (C=O) groups is 4.